The quantitative estimate of drug-likeness (QED) is 0.539. The van der Waals surface area contributed by atoms with Gasteiger partial charge in [-0.15, -0.1) is 0 Å². The van der Waals surface area contributed by atoms with Gasteiger partial charge in [-0.05, 0) is 24.3 Å². The second kappa shape index (κ2) is 12.3. The summed E-state index contributed by atoms with van der Waals surface area (Å²) in [5, 5.41) is 0. The van der Waals surface area contributed by atoms with Gasteiger partial charge in [0.15, 0.2) is 0 Å². The predicted octanol–water partition coefficient (Wildman–Crippen LogP) is 4.88. The Kier molecular flexibility index (Phi) is 12.7. The van der Waals surface area contributed by atoms with Gasteiger partial charge in [0.1, 0.15) is 0 Å². The zero-order chi connectivity index (χ0) is 9.78. The zero-order valence-corrected chi connectivity index (χ0v) is 10.3. The van der Waals surface area contributed by atoms with Gasteiger partial charge < -0.3 is 0 Å². The van der Waals surface area contributed by atoms with Crippen LogP contribution in [0.3, 0.4) is 0 Å². The molecular weight excluding hydrogens is 176 g/mol. The third-order valence-electron chi connectivity index (χ3n) is 2.33. The van der Waals surface area contributed by atoms with Crippen LogP contribution in [0.5, 0.6) is 0 Å². The molecule has 1 aliphatic heterocycles. The molecule has 0 aromatic rings. The second-order valence-corrected chi connectivity index (χ2v) is 4.67. The van der Waals surface area contributed by atoms with Crippen LogP contribution in [0, 0.1) is 0 Å². The Bertz CT molecular complexity index is 54.1. The third kappa shape index (κ3) is 10.3. The summed E-state index contributed by atoms with van der Waals surface area (Å²) in [5.74, 6) is 2.83. The van der Waals surface area contributed by atoms with Crippen LogP contribution in [0.25, 0.3) is 0 Å². The van der Waals surface area contributed by atoms with E-state index in [4.69, 9.17) is 0 Å². The molecule has 2 rings (SSSR count). The topological polar surface area (TPSA) is 0 Å². The van der Waals surface area contributed by atoms with Gasteiger partial charge in [-0.2, -0.15) is 11.8 Å². The van der Waals surface area contributed by atoms with E-state index < -0.39 is 0 Å². The van der Waals surface area contributed by atoms with E-state index >= 15 is 0 Å². The zero-order valence-electron chi connectivity index (χ0n) is 9.48. The van der Waals surface area contributed by atoms with Crippen molar-refractivity contribution < 1.29 is 0 Å². The van der Waals surface area contributed by atoms with Crippen molar-refractivity contribution in [2.24, 2.45) is 0 Å². The van der Waals surface area contributed by atoms with E-state index in [2.05, 4.69) is 11.8 Å². The molecule has 0 radical (unpaired) electrons. The van der Waals surface area contributed by atoms with Gasteiger partial charge in [-0.1, -0.05) is 52.4 Å². The maximum Gasteiger partial charge on any atom is -0.00672 e. The van der Waals surface area contributed by atoms with Crippen LogP contribution in [-0.2, 0) is 0 Å². The molecule has 1 saturated heterocycles. The molecule has 0 bridgehead atoms. The van der Waals surface area contributed by atoms with E-state index in [1.54, 1.807) is 0 Å². The molecule has 1 heteroatoms. The molecule has 13 heavy (non-hydrogen) atoms. The highest BCUT2D eigenvalue weighted by Crippen LogP contribution is 2.15. The Morgan fingerprint density at radius 2 is 0.846 bits per heavy atom. The fourth-order valence-corrected chi connectivity index (χ4v) is 2.59. The van der Waals surface area contributed by atoms with Crippen molar-refractivity contribution in [1.82, 2.24) is 0 Å². The molecule has 0 spiro atoms. The molecule has 0 atom stereocenters. The molecule has 0 unspecified atom stereocenters. The van der Waals surface area contributed by atoms with Gasteiger partial charge in [-0.25, -0.2) is 0 Å². The lowest BCUT2D eigenvalue weighted by molar-refractivity contribution is 0.504. The van der Waals surface area contributed by atoms with E-state index in [-0.39, 0.29) is 0 Å². The Hall–Kier alpha value is 0.350. The van der Waals surface area contributed by atoms with Crippen LogP contribution in [0.15, 0.2) is 0 Å². The minimum Gasteiger partial charge on any atom is -0.162 e. The molecule has 0 N–H and O–H groups in total. The van der Waals surface area contributed by atoms with Crippen molar-refractivity contribution >= 4 is 11.8 Å². The van der Waals surface area contributed by atoms with Gasteiger partial charge in [0.2, 0.25) is 0 Å². The summed E-state index contributed by atoms with van der Waals surface area (Å²) < 4.78 is 0. The molecule has 0 aromatic carbocycles. The van der Waals surface area contributed by atoms with E-state index in [1.807, 2.05) is 13.8 Å². The molecular formula is C12H26S. The molecule has 1 heterocycles. The summed E-state index contributed by atoms with van der Waals surface area (Å²) in [7, 11) is 0. The normalized spacial score (nSPS) is 20.8. The minimum atomic E-state index is 1.42. The molecule has 1 aliphatic carbocycles. The maximum absolute atomic E-state index is 2.07. The largest absolute Gasteiger partial charge is 0.162 e. The molecule has 1 saturated carbocycles. The average molecular weight is 202 g/mol. The third-order valence-corrected chi connectivity index (χ3v) is 3.48. The first kappa shape index (κ1) is 13.4. The Balaban J connectivity index is 0.000000189. The van der Waals surface area contributed by atoms with Crippen molar-refractivity contribution in [2.45, 2.75) is 65.2 Å². The summed E-state index contributed by atoms with van der Waals surface area (Å²) in [6, 6.07) is 0. The summed E-state index contributed by atoms with van der Waals surface area (Å²) >= 11 is 2.07. The minimum absolute atomic E-state index is 1.42. The van der Waals surface area contributed by atoms with Crippen LogP contribution < -0.4 is 0 Å². The first-order valence-electron chi connectivity index (χ1n) is 6.08. The van der Waals surface area contributed by atoms with Gasteiger partial charge in [-0.3, -0.25) is 0 Å². The van der Waals surface area contributed by atoms with Crippen LogP contribution >= 0.6 is 11.8 Å². The first-order chi connectivity index (χ1) is 6.50. The second-order valence-electron chi connectivity index (χ2n) is 3.44. The Morgan fingerprint density at radius 1 is 0.538 bits per heavy atom. The van der Waals surface area contributed by atoms with Gasteiger partial charge >= 0.3 is 0 Å². The van der Waals surface area contributed by atoms with Crippen LogP contribution in [0.4, 0.5) is 0 Å². The van der Waals surface area contributed by atoms with E-state index in [0.29, 0.717) is 0 Å². The fourth-order valence-electron chi connectivity index (χ4n) is 1.57. The van der Waals surface area contributed by atoms with Crippen LogP contribution in [0.2, 0.25) is 0 Å². The smallest absolute Gasteiger partial charge is 0.00672 e. The first-order valence-corrected chi connectivity index (χ1v) is 7.23. The monoisotopic (exact) mass is 202 g/mol. The SMILES string of the molecule is C1CCCCC1.C1CCSC1.CC. The number of hydrogen-bond donors (Lipinski definition) is 0. The lowest BCUT2D eigenvalue weighted by atomic mass is 10.0. The maximum atomic E-state index is 2.07. The molecule has 0 amide bonds. The summed E-state index contributed by atoms with van der Waals surface area (Å²) in [5.41, 5.74) is 0. The molecule has 2 aliphatic rings. The van der Waals surface area contributed by atoms with Crippen LogP contribution in [-0.4, -0.2) is 11.5 Å². The van der Waals surface area contributed by atoms with E-state index in [1.165, 1.54) is 62.9 Å². The van der Waals surface area contributed by atoms with Crippen molar-refractivity contribution in [3.05, 3.63) is 0 Å². The molecule has 80 valence electrons. The standard InChI is InChI=1S/C6H12.C4H8S.C2H6/c1-2-4-6-5-3-1;1-2-4-5-3-1;1-2/h1-6H2;1-4H2;1-2H3. The van der Waals surface area contributed by atoms with Gasteiger partial charge in [0, 0.05) is 0 Å². The fraction of sp³-hybridized carbons (Fsp3) is 1.00. The molecule has 2 fully saturated rings. The summed E-state index contributed by atoms with van der Waals surface area (Å²) in [6.07, 6.45) is 11.9. The molecule has 0 nitrogen and oxygen atoms in total. The van der Waals surface area contributed by atoms with Crippen molar-refractivity contribution in [3.63, 3.8) is 0 Å². The molecule has 0 aromatic heterocycles. The van der Waals surface area contributed by atoms with Crippen molar-refractivity contribution in [3.8, 4) is 0 Å². The lowest BCUT2D eigenvalue weighted by Gasteiger charge is -2.05. The van der Waals surface area contributed by atoms with Crippen molar-refractivity contribution in [1.29, 1.82) is 0 Å². The Labute approximate surface area is 88.9 Å². The predicted molar refractivity (Wildman–Crippen MR) is 65.6 cm³/mol. The highest BCUT2D eigenvalue weighted by molar-refractivity contribution is 7.99. The number of hydrogen-bond acceptors (Lipinski definition) is 1. The van der Waals surface area contributed by atoms with Crippen molar-refractivity contribution in [2.75, 3.05) is 11.5 Å². The summed E-state index contributed by atoms with van der Waals surface area (Å²) in [6.45, 7) is 4.00. The van der Waals surface area contributed by atoms with Crippen LogP contribution in [0.1, 0.15) is 65.2 Å². The van der Waals surface area contributed by atoms with Gasteiger partial charge in [0.25, 0.3) is 0 Å². The lowest BCUT2D eigenvalue weighted by Crippen LogP contribution is -1.85. The summed E-state index contributed by atoms with van der Waals surface area (Å²) in [4.78, 5) is 0. The average Bonchev–Trinajstić information content (AvgIpc) is 2.82. The van der Waals surface area contributed by atoms with E-state index in [0.717, 1.165) is 0 Å². The number of thioether (sulfide) groups is 1. The van der Waals surface area contributed by atoms with E-state index in [9.17, 15) is 0 Å². The Morgan fingerprint density at radius 3 is 1.00 bits per heavy atom. The number of rotatable bonds is 0. The van der Waals surface area contributed by atoms with Gasteiger partial charge in [0.05, 0.1) is 0 Å². The highest BCUT2D eigenvalue weighted by Gasteiger charge is 1.96. The highest BCUT2D eigenvalue weighted by atomic mass is 32.2.